The van der Waals surface area contributed by atoms with E-state index in [0.717, 1.165) is 6.07 Å². The molecule has 8 nitrogen and oxygen atoms in total. The number of ether oxygens (including phenoxy) is 2. The van der Waals surface area contributed by atoms with E-state index >= 15 is 0 Å². The lowest BCUT2D eigenvalue weighted by molar-refractivity contribution is -0.142. The molecule has 0 fully saturated rings. The Morgan fingerprint density at radius 1 is 1.10 bits per heavy atom. The summed E-state index contributed by atoms with van der Waals surface area (Å²) in [7, 11) is 2.89. The molecule has 0 aliphatic carbocycles. The summed E-state index contributed by atoms with van der Waals surface area (Å²) in [6.07, 6.45) is -4.73. The lowest BCUT2D eigenvalue weighted by Crippen LogP contribution is -2.16. The van der Waals surface area contributed by atoms with Gasteiger partial charge in [0.05, 0.1) is 24.8 Å². The number of carbonyl (C=O) groups is 1. The molecule has 31 heavy (non-hydrogen) atoms. The smallest absolute Gasteiger partial charge is 0.433 e. The minimum absolute atomic E-state index is 0.0896. The highest BCUT2D eigenvalue weighted by molar-refractivity contribution is 7.13. The minimum Gasteiger partial charge on any atom is -0.497 e. The Morgan fingerprint density at radius 3 is 2.39 bits per heavy atom. The molecule has 1 amide bonds. The number of benzene rings is 1. The van der Waals surface area contributed by atoms with Gasteiger partial charge in [0.15, 0.2) is 5.69 Å². The summed E-state index contributed by atoms with van der Waals surface area (Å²) in [5, 5.41) is 7.98. The van der Waals surface area contributed by atoms with Gasteiger partial charge in [-0.3, -0.25) is 4.79 Å². The standard InChI is InChI=1S/C19H14F3N5O3S/c1-29-11-6-10(7-12(8-11)30-2)23-17(28)16-25-18-24-13(14-4-3-5-31-14)9-15(19(20,21)22)27(18)26-16/h3-9H,1-2H3,(H,23,28). The fourth-order valence-electron chi connectivity index (χ4n) is 2.78. The fraction of sp³-hybridized carbons (Fsp3) is 0.158. The Morgan fingerprint density at radius 2 is 1.81 bits per heavy atom. The van der Waals surface area contributed by atoms with Crippen molar-refractivity contribution < 1.29 is 27.4 Å². The van der Waals surface area contributed by atoms with E-state index in [0.29, 0.717) is 26.6 Å². The second-order valence-electron chi connectivity index (χ2n) is 6.20. The maximum atomic E-state index is 13.6. The molecule has 3 heterocycles. The highest BCUT2D eigenvalue weighted by atomic mass is 32.1. The number of amides is 1. The molecule has 0 unspecified atom stereocenters. The lowest BCUT2D eigenvalue weighted by atomic mass is 10.2. The van der Waals surface area contributed by atoms with Crippen molar-refractivity contribution in [2.24, 2.45) is 0 Å². The van der Waals surface area contributed by atoms with Gasteiger partial charge in [-0.05, 0) is 17.5 Å². The van der Waals surface area contributed by atoms with Crippen LogP contribution in [0.4, 0.5) is 18.9 Å². The molecule has 0 atom stereocenters. The molecule has 0 aliphatic heterocycles. The van der Waals surface area contributed by atoms with Gasteiger partial charge in [-0.2, -0.15) is 22.7 Å². The number of aromatic nitrogens is 4. The summed E-state index contributed by atoms with van der Waals surface area (Å²) >= 11 is 1.24. The van der Waals surface area contributed by atoms with Crippen LogP contribution < -0.4 is 14.8 Å². The summed E-state index contributed by atoms with van der Waals surface area (Å²) in [6, 6.07) is 8.86. The van der Waals surface area contributed by atoms with Crippen molar-refractivity contribution in [2.75, 3.05) is 19.5 Å². The quantitative estimate of drug-likeness (QED) is 0.493. The van der Waals surface area contributed by atoms with E-state index in [4.69, 9.17) is 9.47 Å². The van der Waals surface area contributed by atoms with Gasteiger partial charge in [0.25, 0.3) is 11.7 Å². The highest BCUT2D eigenvalue weighted by Crippen LogP contribution is 2.33. The number of fused-ring (bicyclic) bond motifs is 1. The molecule has 0 aliphatic rings. The Balaban J connectivity index is 1.74. The number of nitrogens with one attached hydrogen (secondary N) is 1. The average molecular weight is 449 g/mol. The molecule has 3 aromatic heterocycles. The van der Waals surface area contributed by atoms with Gasteiger partial charge in [-0.1, -0.05) is 6.07 Å². The minimum atomic E-state index is -4.73. The number of thiophene rings is 1. The topological polar surface area (TPSA) is 90.6 Å². The van der Waals surface area contributed by atoms with Crippen LogP contribution in [0.15, 0.2) is 41.8 Å². The Bertz CT molecular complexity index is 1230. The Kier molecular flexibility index (Phi) is 5.23. The summed E-state index contributed by atoms with van der Waals surface area (Å²) in [5.74, 6) is -0.792. The van der Waals surface area contributed by atoms with Gasteiger partial charge < -0.3 is 14.8 Å². The van der Waals surface area contributed by atoms with Crippen LogP contribution in [0.25, 0.3) is 16.3 Å². The third kappa shape index (κ3) is 4.14. The van der Waals surface area contributed by atoms with E-state index in [1.165, 1.54) is 37.7 Å². The molecule has 1 aromatic carbocycles. The third-order valence-electron chi connectivity index (χ3n) is 4.19. The Hall–Kier alpha value is -3.67. The van der Waals surface area contributed by atoms with Gasteiger partial charge >= 0.3 is 6.18 Å². The van der Waals surface area contributed by atoms with Crippen LogP contribution in [-0.4, -0.2) is 39.7 Å². The molecule has 0 saturated heterocycles. The van der Waals surface area contributed by atoms with Crippen molar-refractivity contribution in [2.45, 2.75) is 6.18 Å². The van der Waals surface area contributed by atoms with Gasteiger partial charge in [-0.15, -0.1) is 16.4 Å². The number of rotatable bonds is 5. The first-order chi connectivity index (χ1) is 14.8. The van der Waals surface area contributed by atoms with Crippen molar-refractivity contribution >= 4 is 28.7 Å². The number of alkyl halides is 3. The van der Waals surface area contributed by atoms with E-state index in [9.17, 15) is 18.0 Å². The maximum absolute atomic E-state index is 13.6. The van der Waals surface area contributed by atoms with Crippen molar-refractivity contribution in [1.82, 2.24) is 19.6 Å². The lowest BCUT2D eigenvalue weighted by Gasteiger charge is -2.09. The average Bonchev–Trinajstić information content (AvgIpc) is 3.41. The van der Waals surface area contributed by atoms with Crippen molar-refractivity contribution in [3.05, 3.63) is 53.3 Å². The number of nitrogens with zero attached hydrogens (tertiary/aromatic N) is 4. The molecule has 0 spiro atoms. The highest BCUT2D eigenvalue weighted by Gasteiger charge is 2.36. The summed E-state index contributed by atoms with van der Waals surface area (Å²) in [5.41, 5.74) is -0.703. The molecule has 0 radical (unpaired) electrons. The first-order valence-electron chi connectivity index (χ1n) is 8.72. The van der Waals surface area contributed by atoms with Crippen LogP contribution in [0, 0.1) is 0 Å². The number of anilines is 1. The summed E-state index contributed by atoms with van der Waals surface area (Å²) in [4.78, 5) is 21.2. The predicted molar refractivity (Wildman–Crippen MR) is 107 cm³/mol. The molecule has 160 valence electrons. The van der Waals surface area contributed by atoms with Crippen LogP contribution in [-0.2, 0) is 6.18 Å². The van der Waals surface area contributed by atoms with Crippen molar-refractivity contribution in [1.29, 1.82) is 0 Å². The Labute approximate surface area is 177 Å². The van der Waals surface area contributed by atoms with Crippen LogP contribution in [0.2, 0.25) is 0 Å². The van der Waals surface area contributed by atoms with E-state index in [1.807, 2.05) is 0 Å². The monoisotopic (exact) mass is 449 g/mol. The van der Waals surface area contributed by atoms with Crippen LogP contribution in [0.1, 0.15) is 16.3 Å². The van der Waals surface area contributed by atoms with Gasteiger partial charge in [0, 0.05) is 23.9 Å². The second-order valence-corrected chi connectivity index (χ2v) is 7.15. The number of halogens is 3. The molecular formula is C19H14F3N5O3S. The summed E-state index contributed by atoms with van der Waals surface area (Å²) in [6.45, 7) is 0. The van der Waals surface area contributed by atoms with Crippen LogP contribution in [0.5, 0.6) is 11.5 Å². The van der Waals surface area contributed by atoms with Gasteiger partial charge in [0.2, 0.25) is 5.82 Å². The molecule has 4 rings (SSSR count). The molecule has 12 heteroatoms. The number of methoxy groups -OCH3 is 2. The maximum Gasteiger partial charge on any atom is 0.433 e. The molecule has 0 bridgehead atoms. The van der Waals surface area contributed by atoms with Gasteiger partial charge in [-0.25, -0.2) is 4.98 Å². The SMILES string of the molecule is COc1cc(NC(=O)c2nc3nc(-c4cccs4)cc(C(F)(F)F)n3n2)cc(OC)c1. The van der Waals surface area contributed by atoms with Crippen molar-refractivity contribution in [3.8, 4) is 22.1 Å². The molecular weight excluding hydrogens is 435 g/mol. The predicted octanol–water partition coefficient (Wildman–Crippen LogP) is 4.14. The largest absolute Gasteiger partial charge is 0.497 e. The van der Waals surface area contributed by atoms with Crippen LogP contribution in [0.3, 0.4) is 0 Å². The van der Waals surface area contributed by atoms with Gasteiger partial charge in [0.1, 0.15) is 11.5 Å². The van der Waals surface area contributed by atoms with E-state index < -0.39 is 23.6 Å². The van der Waals surface area contributed by atoms with E-state index in [-0.39, 0.29) is 11.5 Å². The third-order valence-corrected chi connectivity index (χ3v) is 5.08. The normalized spacial score (nSPS) is 11.5. The van der Waals surface area contributed by atoms with Crippen molar-refractivity contribution in [3.63, 3.8) is 0 Å². The number of hydrogen-bond acceptors (Lipinski definition) is 7. The fourth-order valence-corrected chi connectivity index (χ4v) is 3.47. The number of carbonyl (C=O) groups excluding carboxylic acids is 1. The molecule has 1 N–H and O–H groups in total. The first-order valence-corrected chi connectivity index (χ1v) is 9.60. The zero-order chi connectivity index (χ0) is 22.2. The first kappa shape index (κ1) is 20.6. The van der Waals surface area contributed by atoms with E-state index in [2.05, 4.69) is 20.4 Å². The van der Waals surface area contributed by atoms with E-state index in [1.54, 1.807) is 23.6 Å². The molecule has 4 aromatic rings. The zero-order valence-corrected chi connectivity index (χ0v) is 16.9. The van der Waals surface area contributed by atoms with Crippen LogP contribution >= 0.6 is 11.3 Å². The second kappa shape index (κ2) is 7.87. The molecule has 0 saturated carbocycles. The zero-order valence-electron chi connectivity index (χ0n) is 16.1. The number of hydrogen-bond donors (Lipinski definition) is 1. The summed E-state index contributed by atoms with van der Waals surface area (Å²) < 4.78 is 51.6.